The SMILES string of the molecule is Cc1cc(C#N)nc(SCC(C)C(=O)O)n1. The molecule has 1 atom stereocenters. The van der Waals surface area contributed by atoms with E-state index in [4.69, 9.17) is 10.4 Å². The predicted molar refractivity (Wildman–Crippen MR) is 59.0 cm³/mol. The zero-order chi connectivity index (χ0) is 12.1. The molecule has 1 heterocycles. The molecule has 0 aliphatic heterocycles. The zero-order valence-electron chi connectivity index (χ0n) is 8.97. The van der Waals surface area contributed by atoms with E-state index >= 15 is 0 Å². The summed E-state index contributed by atoms with van der Waals surface area (Å²) in [5, 5.41) is 17.9. The highest BCUT2D eigenvalue weighted by Gasteiger charge is 2.12. The number of carboxylic acids is 1. The number of nitriles is 1. The van der Waals surface area contributed by atoms with E-state index in [-0.39, 0.29) is 0 Å². The molecular formula is C10H11N3O2S. The molecule has 0 spiro atoms. The van der Waals surface area contributed by atoms with Crippen LogP contribution in [-0.4, -0.2) is 26.8 Å². The van der Waals surface area contributed by atoms with E-state index in [0.29, 0.717) is 22.3 Å². The number of aliphatic carboxylic acids is 1. The van der Waals surface area contributed by atoms with Gasteiger partial charge in [0.1, 0.15) is 11.8 Å². The van der Waals surface area contributed by atoms with Gasteiger partial charge < -0.3 is 5.11 Å². The number of carboxylic acid groups (broad SMARTS) is 1. The van der Waals surface area contributed by atoms with E-state index in [1.807, 2.05) is 6.07 Å². The van der Waals surface area contributed by atoms with Crippen molar-refractivity contribution in [3.63, 3.8) is 0 Å². The molecule has 1 unspecified atom stereocenters. The summed E-state index contributed by atoms with van der Waals surface area (Å²) < 4.78 is 0. The van der Waals surface area contributed by atoms with Gasteiger partial charge in [0.2, 0.25) is 0 Å². The fraction of sp³-hybridized carbons (Fsp3) is 0.400. The van der Waals surface area contributed by atoms with Crippen LogP contribution >= 0.6 is 11.8 Å². The van der Waals surface area contributed by atoms with E-state index in [1.54, 1.807) is 19.9 Å². The maximum Gasteiger partial charge on any atom is 0.307 e. The number of carbonyl (C=O) groups is 1. The van der Waals surface area contributed by atoms with Crippen LogP contribution < -0.4 is 0 Å². The van der Waals surface area contributed by atoms with Crippen molar-refractivity contribution < 1.29 is 9.90 Å². The summed E-state index contributed by atoms with van der Waals surface area (Å²) >= 11 is 1.25. The Morgan fingerprint density at radius 2 is 2.38 bits per heavy atom. The summed E-state index contributed by atoms with van der Waals surface area (Å²) in [6.45, 7) is 3.39. The molecule has 0 aliphatic carbocycles. The van der Waals surface area contributed by atoms with Crippen molar-refractivity contribution in [2.24, 2.45) is 5.92 Å². The summed E-state index contributed by atoms with van der Waals surface area (Å²) in [4.78, 5) is 18.7. The molecule has 1 aromatic rings. The number of rotatable bonds is 4. The Bertz CT molecular complexity index is 442. The van der Waals surface area contributed by atoms with Gasteiger partial charge in [-0.2, -0.15) is 5.26 Å². The molecule has 0 aliphatic rings. The van der Waals surface area contributed by atoms with E-state index in [9.17, 15) is 4.79 Å². The van der Waals surface area contributed by atoms with Crippen LogP contribution in [0.4, 0.5) is 0 Å². The van der Waals surface area contributed by atoms with Gasteiger partial charge in [0.25, 0.3) is 0 Å². The summed E-state index contributed by atoms with van der Waals surface area (Å²) in [6.07, 6.45) is 0. The van der Waals surface area contributed by atoms with Crippen LogP contribution in [0, 0.1) is 24.2 Å². The predicted octanol–water partition coefficient (Wildman–Crippen LogP) is 1.47. The van der Waals surface area contributed by atoms with Gasteiger partial charge in [0.15, 0.2) is 5.16 Å². The molecule has 16 heavy (non-hydrogen) atoms. The summed E-state index contributed by atoms with van der Waals surface area (Å²) in [5.41, 5.74) is 1.01. The van der Waals surface area contributed by atoms with Crippen molar-refractivity contribution in [1.29, 1.82) is 5.26 Å². The maximum absolute atomic E-state index is 10.6. The molecule has 0 saturated heterocycles. The standard InChI is InChI=1S/C10H11N3O2S/c1-6(9(14)15)5-16-10-12-7(2)3-8(4-11)13-10/h3,6H,5H2,1-2H3,(H,14,15). The van der Waals surface area contributed by atoms with Gasteiger partial charge in [-0.15, -0.1) is 0 Å². The van der Waals surface area contributed by atoms with Crippen LogP contribution in [0.15, 0.2) is 11.2 Å². The van der Waals surface area contributed by atoms with Crippen molar-refractivity contribution >= 4 is 17.7 Å². The number of nitrogens with zero attached hydrogens (tertiary/aromatic N) is 3. The third-order valence-electron chi connectivity index (χ3n) is 1.83. The fourth-order valence-electron chi connectivity index (χ4n) is 0.934. The van der Waals surface area contributed by atoms with Gasteiger partial charge in [0.05, 0.1) is 5.92 Å². The summed E-state index contributed by atoms with van der Waals surface area (Å²) in [6, 6.07) is 3.53. The molecule has 0 aromatic carbocycles. The molecular weight excluding hydrogens is 226 g/mol. The highest BCUT2D eigenvalue weighted by Crippen LogP contribution is 2.17. The van der Waals surface area contributed by atoms with Crippen molar-refractivity contribution in [3.8, 4) is 6.07 Å². The smallest absolute Gasteiger partial charge is 0.307 e. The van der Waals surface area contributed by atoms with Gasteiger partial charge in [0, 0.05) is 11.4 Å². The van der Waals surface area contributed by atoms with Gasteiger partial charge in [-0.3, -0.25) is 4.79 Å². The average molecular weight is 237 g/mol. The van der Waals surface area contributed by atoms with E-state index in [0.717, 1.165) is 0 Å². The molecule has 0 bridgehead atoms. The van der Waals surface area contributed by atoms with Gasteiger partial charge >= 0.3 is 5.97 Å². The number of aryl methyl sites for hydroxylation is 1. The Labute approximate surface area is 97.5 Å². The summed E-state index contributed by atoms with van der Waals surface area (Å²) in [7, 11) is 0. The maximum atomic E-state index is 10.6. The van der Waals surface area contributed by atoms with Gasteiger partial charge in [-0.1, -0.05) is 18.7 Å². The molecule has 0 amide bonds. The highest BCUT2D eigenvalue weighted by atomic mass is 32.2. The number of hydrogen-bond acceptors (Lipinski definition) is 5. The first kappa shape index (κ1) is 12.5. The Balaban J connectivity index is 2.71. The third kappa shape index (κ3) is 3.51. The minimum atomic E-state index is -0.847. The lowest BCUT2D eigenvalue weighted by atomic mass is 10.2. The molecule has 0 fully saturated rings. The van der Waals surface area contributed by atoms with Crippen molar-refractivity contribution in [2.45, 2.75) is 19.0 Å². The van der Waals surface area contributed by atoms with Crippen LogP contribution in [0.25, 0.3) is 0 Å². The Morgan fingerprint density at radius 3 is 2.94 bits per heavy atom. The molecule has 1 rings (SSSR count). The first-order valence-corrected chi connectivity index (χ1v) is 5.63. The minimum absolute atomic E-state index is 0.304. The van der Waals surface area contributed by atoms with E-state index in [1.165, 1.54) is 11.8 Å². The Morgan fingerprint density at radius 1 is 1.69 bits per heavy atom. The second-order valence-corrected chi connectivity index (χ2v) is 4.33. The number of aromatic nitrogens is 2. The van der Waals surface area contributed by atoms with E-state index < -0.39 is 11.9 Å². The molecule has 1 N–H and O–H groups in total. The first-order chi connectivity index (χ1) is 7.52. The van der Waals surface area contributed by atoms with Crippen molar-refractivity contribution in [2.75, 3.05) is 5.75 Å². The van der Waals surface area contributed by atoms with Crippen molar-refractivity contribution in [3.05, 3.63) is 17.5 Å². The van der Waals surface area contributed by atoms with Crippen LogP contribution in [0.1, 0.15) is 18.3 Å². The lowest BCUT2D eigenvalue weighted by molar-refractivity contribution is -0.140. The van der Waals surface area contributed by atoms with Gasteiger partial charge in [-0.25, -0.2) is 9.97 Å². The van der Waals surface area contributed by atoms with Crippen LogP contribution in [-0.2, 0) is 4.79 Å². The molecule has 0 radical (unpaired) electrons. The zero-order valence-corrected chi connectivity index (χ0v) is 9.78. The van der Waals surface area contributed by atoms with E-state index in [2.05, 4.69) is 9.97 Å². The average Bonchev–Trinajstić information content (AvgIpc) is 2.24. The van der Waals surface area contributed by atoms with Crippen LogP contribution in [0.2, 0.25) is 0 Å². The lowest BCUT2D eigenvalue weighted by Crippen LogP contribution is -2.12. The highest BCUT2D eigenvalue weighted by molar-refractivity contribution is 7.99. The van der Waals surface area contributed by atoms with Gasteiger partial charge in [-0.05, 0) is 13.0 Å². The van der Waals surface area contributed by atoms with Crippen molar-refractivity contribution in [1.82, 2.24) is 9.97 Å². The largest absolute Gasteiger partial charge is 0.481 e. The normalized spacial score (nSPS) is 11.8. The quantitative estimate of drug-likeness (QED) is 0.630. The molecule has 0 saturated carbocycles. The molecule has 5 nitrogen and oxygen atoms in total. The Hall–Kier alpha value is -1.61. The number of hydrogen-bond donors (Lipinski definition) is 1. The summed E-state index contributed by atoms with van der Waals surface area (Å²) in [5.74, 6) is -0.913. The molecule has 6 heteroatoms. The topological polar surface area (TPSA) is 86.9 Å². The molecule has 1 aromatic heterocycles. The van der Waals surface area contributed by atoms with Crippen LogP contribution in [0.3, 0.4) is 0 Å². The second-order valence-electron chi connectivity index (χ2n) is 3.34. The lowest BCUT2D eigenvalue weighted by Gasteiger charge is -2.05. The fourth-order valence-corrected chi connectivity index (χ4v) is 1.85. The first-order valence-electron chi connectivity index (χ1n) is 4.64. The monoisotopic (exact) mass is 237 g/mol. The second kappa shape index (κ2) is 5.47. The third-order valence-corrected chi connectivity index (χ3v) is 2.94. The minimum Gasteiger partial charge on any atom is -0.481 e. The molecule has 84 valence electrons. The number of thioether (sulfide) groups is 1. The van der Waals surface area contributed by atoms with Crippen LogP contribution in [0.5, 0.6) is 0 Å². The Kier molecular flexibility index (Phi) is 4.26.